The number of nitrogens with zero attached hydrogens (tertiary/aromatic N) is 1. The van der Waals surface area contributed by atoms with Gasteiger partial charge < -0.3 is 4.74 Å². The minimum absolute atomic E-state index is 0.00705. The van der Waals surface area contributed by atoms with Gasteiger partial charge >= 0.3 is 0 Å². The fourth-order valence-corrected chi connectivity index (χ4v) is 5.93. The van der Waals surface area contributed by atoms with Crippen molar-refractivity contribution in [1.29, 1.82) is 5.26 Å². The summed E-state index contributed by atoms with van der Waals surface area (Å²) in [4.78, 5) is 11.9. The van der Waals surface area contributed by atoms with E-state index >= 15 is 0 Å². The number of halogens is 3. The zero-order valence-corrected chi connectivity index (χ0v) is 16.6. The Morgan fingerprint density at radius 1 is 1.14 bits per heavy atom. The summed E-state index contributed by atoms with van der Waals surface area (Å²) in [6, 6.07) is 9.82. The van der Waals surface area contributed by atoms with Crippen LogP contribution in [0.5, 0.6) is 5.75 Å². The summed E-state index contributed by atoms with van der Waals surface area (Å²) in [6.07, 6.45) is 0.0230. The molecule has 3 rings (SSSR count). The fourth-order valence-electron chi connectivity index (χ4n) is 3.54. The van der Waals surface area contributed by atoms with Gasteiger partial charge in [-0.15, -0.1) is 0 Å². The van der Waals surface area contributed by atoms with E-state index in [1.54, 1.807) is 6.07 Å². The average Bonchev–Trinajstić information content (AvgIpc) is 3.12. The number of Topliss-reactive ketones (excluding diaryl/α,β-unsaturated/α-hetero) is 1. The third-order valence-electron chi connectivity index (χ3n) is 5.02. The molecule has 0 bridgehead atoms. The van der Waals surface area contributed by atoms with E-state index in [-0.39, 0.29) is 29.4 Å². The Labute approximate surface area is 171 Å². The van der Waals surface area contributed by atoms with Crippen LogP contribution in [0.1, 0.15) is 12.8 Å². The lowest BCUT2D eigenvalue weighted by molar-refractivity contribution is -0.118. The third kappa shape index (κ3) is 4.57. The second kappa shape index (κ2) is 8.47. The first-order valence-corrected chi connectivity index (χ1v) is 10.7. The van der Waals surface area contributed by atoms with E-state index in [0.717, 1.165) is 18.2 Å². The monoisotopic (exact) mass is 439 g/mol. The van der Waals surface area contributed by atoms with Crippen LogP contribution < -0.4 is 4.74 Å². The molecular formula is C20H16ClF2NO4S. The molecule has 1 aliphatic carbocycles. The van der Waals surface area contributed by atoms with Crippen molar-refractivity contribution in [1.82, 2.24) is 0 Å². The summed E-state index contributed by atoms with van der Waals surface area (Å²) in [5, 5.41) is 7.82. The molecule has 0 N–H and O–H groups in total. The second-order valence-electron chi connectivity index (χ2n) is 6.82. The minimum Gasteiger partial charge on any atom is -0.493 e. The van der Waals surface area contributed by atoms with Crippen LogP contribution in [0.2, 0.25) is 5.02 Å². The highest BCUT2D eigenvalue weighted by molar-refractivity contribution is 7.92. The van der Waals surface area contributed by atoms with Crippen LogP contribution in [0.3, 0.4) is 0 Å². The molecule has 9 heteroatoms. The highest BCUT2D eigenvalue weighted by atomic mass is 35.5. The Morgan fingerprint density at radius 2 is 1.79 bits per heavy atom. The Balaban J connectivity index is 1.82. The van der Waals surface area contributed by atoms with Crippen LogP contribution in [0.4, 0.5) is 8.78 Å². The number of ether oxygens (including phenoxy) is 1. The number of nitriles is 1. The molecule has 0 aromatic heterocycles. The molecule has 5 nitrogen and oxygen atoms in total. The van der Waals surface area contributed by atoms with E-state index in [2.05, 4.69) is 0 Å². The van der Waals surface area contributed by atoms with E-state index in [0.29, 0.717) is 5.75 Å². The molecule has 0 amide bonds. The quantitative estimate of drug-likeness (QED) is 0.502. The van der Waals surface area contributed by atoms with Gasteiger partial charge in [0.05, 0.1) is 21.8 Å². The molecule has 0 unspecified atom stereocenters. The van der Waals surface area contributed by atoms with Crippen LogP contribution in [0.15, 0.2) is 47.4 Å². The molecular weight excluding hydrogens is 424 g/mol. The van der Waals surface area contributed by atoms with E-state index in [9.17, 15) is 22.0 Å². The Hall–Kier alpha value is -2.50. The number of ketones is 1. The highest BCUT2D eigenvalue weighted by Crippen LogP contribution is 2.40. The lowest BCUT2D eigenvalue weighted by Gasteiger charge is -2.16. The van der Waals surface area contributed by atoms with Gasteiger partial charge in [0.2, 0.25) is 5.78 Å². The van der Waals surface area contributed by atoms with Crippen LogP contribution in [-0.4, -0.2) is 26.1 Å². The maximum absolute atomic E-state index is 13.3. The summed E-state index contributed by atoms with van der Waals surface area (Å²) in [6.45, 7) is -0.00705. The molecule has 29 heavy (non-hydrogen) atoms. The van der Waals surface area contributed by atoms with Crippen molar-refractivity contribution in [3.63, 3.8) is 0 Å². The van der Waals surface area contributed by atoms with Crippen molar-refractivity contribution in [3.8, 4) is 11.8 Å². The van der Waals surface area contributed by atoms with Crippen molar-refractivity contribution < 1.29 is 26.7 Å². The molecule has 152 valence electrons. The van der Waals surface area contributed by atoms with Crippen LogP contribution in [0, 0.1) is 34.8 Å². The number of hydrogen-bond acceptors (Lipinski definition) is 5. The number of carbonyl (C=O) groups is 1. The standard InChI is InChI=1S/C20H16ClF2NO4S/c21-18-8-14(23)3-6-20(18)29(26,27)16-7-12(17(9-16)19(25)10-24)11-28-15-4-1-13(22)2-5-15/h1-6,8,12,16-17H,7,9,11H2/t12-,16-,17+/m0/s1. The van der Waals surface area contributed by atoms with Gasteiger partial charge in [0.1, 0.15) is 23.5 Å². The predicted octanol–water partition coefficient (Wildman–Crippen LogP) is 3.96. The van der Waals surface area contributed by atoms with Gasteiger partial charge in [-0.25, -0.2) is 17.2 Å². The number of sulfone groups is 1. The van der Waals surface area contributed by atoms with Crippen LogP contribution in [-0.2, 0) is 14.6 Å². The first-order valence-electron chi connectivity index (χ1n) is 8.73. The minimum atomic E-state index is -3.95. The van der Waals surface area contributed by atoms with Crippen molar-refractivity contribution in [2.75, 3.05) is 6.61 Å². The number of carbonyl (C=O) groups excluding carboxylic acids is 1. The number of benzene rings is 2. The van der Waals surface area contributed by atoms with E-state index in [4.69, 9.17) is 21.6 Å². The molecule has 0 saturated heterocycles. The fraction of sp³-hybridized carbons (Fsp3) is 0.300. The van der Waals surface area contributed by atoms with Gasteiger partial charge in [0.15, 0.2) is 9.84 Å². The number of rotatable bonds is 6. The van der Waals surface area contributed by atoms with E-state index < -0.39 is 44.3 Å². The maximum atomic E-state index is 13.3. The summed E-state index contributed by atoms with van der Waals surface area (Å²) in [7, 11) is -3.95. The third-order valence-corrected chi connectivity index (χ3v) is 7.67. The molecule has 0 radical (unpaired) electrons. The Kier molecular flexibility index (Phi) is 6.20. The van der Waals surface area contributed by atoms with Gasteiger partial charge in [-0.05, 0) is 55.3 Å². The van der Waals surface area contributed by atoms with E-state index in [1.165, 1.54) is 24.3 Å². The van der Waals surface area contributed by atoms with Crippen molar-refractivity contribution in [2.45, 2.75) is 23.0 Å². The average molecular weight is 440 g/mol. The van der Waals surface area contributed by atoms with Crippen molar-refractivity contribution in [3.05, 3.63) is 59.1 Å². The predicted molar refractivity (Wildman–Crippen MR) is 101 cm³/mol. The van der Waals surface area contributed by atoms with Gasteiger partial charge in [-0.1, -0.05) is 11.6 Å². The molecule has 1 aliphatic rings. The van der Waals surface area contributed by atoms with Crippen LogP contribution in [0.25, 0.3) is 0 Å². The zero-order chi connectivity index (χ0) is 21.2. The van der Waals surface area contributed by atoms with Gasteiger partial charge in [0, 0.05) is 11.8 Å². The highest BCUT2D eigenvalue weighted by Gasteiger charge is 2.45. The van der Waals surface area contributed by atoms with Gasteiger partial charge in [0.25, 0.3) is 0 Å². The largest absolute Gasteiger partial charge is 0.493 e. The molecule has 2 aromatic carbocycles. The SMILES string of the molecule is N#CC(=O)[C@@H]1C[C@@H](S(=O)(=O)c2ccc(F)cc2Cl)C[C@H]1COc1ccc(F)cc1. The first-order chi connectivity index (χ1) is 13.7. The number of hydrogen-bond donors (Lipinski definition) is 0. The lowest BCUT2D eigenvalue weighted by Crippen LogP contribution is -2.22. The molecule has 1 saturated carbocycles. The molecule has 3 atom stereocenters. The molecule has 0 spiro atoms. The van der Waals surface area contributed by atoms with E-state index in [1.807, 2.05) is 0 Å². The lowest BCUT2D eigenvalue weighted by atomic mass is 9.93. The molecule has 2 aromatic rings. The Morgan fingerprint density at radius 3 is 2.41 bits per heavy atom. The maximum Gasteiger partial charge on any atom is 0.235 e. The molecule has 0 aliphatic heterocycles. The van der Waals surface area contributed by atoms with Gasteiger partial charge in [-0.3, -0.25) is 4.79 Å². The Bertz CT molecular complexity index is 1070. The molecule has 1 fully saturated rings. The smallest absolute Gasteiger partial charge is 0.235 e. The summed E-state index contributed by atoms with van der Waals surface area (Å²) < 4.78 is 57.9. The van der Waals surface area contributed by atoms with Gasteiger partial charge in [-0.2, -0.15) is 5.26 Å². The summed E-state index contributed by atoms with van der Waals surface area (Å²) in [5.41, 5.74) is 0. The normalized spacial score (nSPS) is 21.5. The second-order valence-corrected chi connectivity index (χ2v) is 9.42. The first kappa shape index (κ1) is 21.2. The topological polar surface area (TPSA) is 84.2 Å². The van der Waals surface area contributed by atoms with Crippen molar-refractivity contribution in [2.24, 2.45) is 11.8 Å². The van der Waals surface area contributed by atoms with Crippen molar-refractivity contribution >= 4 is 27.2 Å². The summed E-state index contributed by atoms with van der Waals surface area (Å²) in [5.74, 6) is -2.80. The summed E-state index contributed by atoms with van der Waals surface area (Å²) >= 11 is 5.92. The van der Waals surface area contributed by atoms with Crippen LogP contribution >= 0.6 is 11.6 Å². The molecule has 0 heterocycles. The zero-order valence-electron chi connectivity index (χ0n) is 15.0.